The molecule has 1 N–H and O–H groups in total. The van der Waals surface area contributed by atoms with Crippen LogP contribution in [0.3, 0.4) is 0 Å². The second kappa shape index (κ2) is 8.41. The first kappa shape index (κ1) is 16.3. The molecular formula is C15H27N3S. The first-order chi connectivity index (χ1) is 9.10. The molecule has 0 aromatic carbocycles. The van der Waals surface area contributed by atoms with E-state index < -0.39 is 0 Å². The molecule has 0 aliphatic rings. The second-order valence-corrected chi connectivity index (χ2v) is 6.18. The third-order valence-electron chi connectivity index (χ3n) is 2.97. The van der Waals surface area contributed by atoms with E-state index in [0.717, 1.165) is 29.0 Å². The van der Waals surface area contributed by atoms with E-state index in [1.54, 1.807) is 0 Å². The molecule has 108 valence electrons. The molecule has 0 aliphatic carbocycles. The van der Waals surface area contributed by atoms with Crippen molar-refractivity contribution in [3.8, 4) is 0 Å². The van der Waals surface area contributed by atoms with E-state index in [4.69, 9.17) is 4.98 Å². The summed E-state index contributed by atoms with van der Waals surface area (Å²) >= 11 is 1.87. The molecule has 0 amide bonds. The van der Waals surface area contributed by atoms with Crippen LogP contribution in [-0.4, -0.2) is 22.3 Å². The van der Waals surface area contributed by atoms with Crippen LogP contribution in [0.15, 0.2) is 5.03 Å². The molecule has 1 rings (SSSR count). The third-order valence-corrected chi connectivity index (χ3v) is 4.13. The molecule has 0 saturated carbocycles. The molecule has 0 atom stereocenters. The lowest BCUT2D eigenvalue weighted by Crippen LogP contribution is -2.08. The summed E-state index contributed by atoms with van der Waals surface area (Å²) in [4.78, 5) is 9.36. The summed E-state index contributed by atoms with van der Waals surface area (Å²) in [5.74, 6) is 3.46. The Labute approximate surface area is 122 Å². The molecule has 0 radical (unpaired) electrons. The van der Waals surface area contributed by atoms with Crippen LogP contribution in [0.2, 0.25) is 0 Å². The molecule has 0 saturated heterocycles. The third kappa shape index (κ3) is 5.01. The normalized spacial score (nSPS) is 11.1. The van der Waals surface area contributed by atoms with Crippen molar-refractivity contribution in [2.45, 2.75) is 64.8 Å². The van der Waals surface area contributed by atoms with Crippen LogP contribution in [0, 0.1) is 6.92 Å². The summed E-state index contributed by atoms with van der Waals surface area (Å²) in [6.07, 6.45) is 3.83. The van der Waals surface area contributed by atoms with Gasteiger partial charge in [-0.15, -0.1) is 11.8 Å². The van der Waals surface area contributed by atoms with Crippen LogP contribution in [0.1, 0.15) is 64.3 Å². The minimum absolute atomic E-state index is 0.369. The van der Waals surface area contributed by atoms with E-state index in [2.05, 4.69) is 44.9 Å². The van der Waals surface area contributed by atoms with Gasteiger partial charge in [0, 0.05) is 18.0 Å². The first-order valence-corrected chi connectivity index (χ1v) is 8.33. The number of hydrogen-bond donors (Lipinski definition) is 1. The van der Waals surface area contributed by atoms with Gasteiger partial charge in [0.2, 0.25) is 0 Å². The lowest BCUT2D eigenvalue weighted by Gasteiger charge is -2.14. The Morgan fingerprint density at radius 1 is 1.16 bits per heavy atom. The topological polar surface area (TPSA) is 37.8 Å². The van der Waals surface area contributed by atoms with E-state index in [1.165, 1.54) is 24.8 Å². The molecular weight excluding hydrogens is 254 g/mol. The Morgan fingerprint density at radius 2 is 1.89 bits per heavy atom. The Hall–Kier alpha value is -0.770. The van der Waals surface area contributed by atoms with Gasteiger partial charge in [-0.3, -0.25) is 0 Å². The van der Waals surface area contributed by atoms with Gasteiger partial charge < -0.3 is 5.32 Å². The maximum atomic E-state index is 4.72. The van der Waals surface area contributed by atoms with Gasteiger partial charge >= 0.3 is 0 Å². The molecule has 0 bridgehead atoms. The zero-order valence-electron chi connectivity index (χ0n) is 12.9. The number of nitrogens with one attached hydrogen (secondary N) is 1. The van der Waals surface area contributed by atoms with Crippen LogP contribution in [0.4, 0.5) is 5.82 Å². The highest BCUT2D eigenvalue weighted by Crippen LogP contribution is 2.27. The van der Waals surface area contributed by atoms with Gasteiger partial charge in [-0.2, -0.15) is 0 Å². The standard InChI is InChI=1S/C15H27N3S/c1-6-8-9-10-19-15-12(5)14(16-7-2)17-13(18-15)11(3)4/h11H,6-10H2,1-5H3,(H,16,17,18). The summed E-state index contributed by atoms with van der Waals surface area (Å²) in [5, 5.41) is 4.49. The van der Waals surface area contributed by atoms with Crippen LogP contribution in [0.25, 0.3) is 0 Å². The molecule has 1 heterocycles. The predicted octanol–water partition coefficient (Wildman–Crippen LogP) is 4.62. The SMILES string of the molecule is CCCCCSc1nc(C(C)C)nc(NCC)c1C. The van der Waals surface area contributed by atoms with Gasteiger partial charge in [-0.1, -0.05) is 33.6 Å². The van der Waals surface area contributed by atoms with Gasteiger partial charge in [0.1, 0.15) is 16.7 Å². The maximum Gasteiger partial charge on any atom is 0.134 e. The van der Waals surface area contributed by atoms with E-state index >= 15 is 0 Å². The fourth-order valence-corrected chi connectivity index (χ4v) is 2.78. The van der Waals surface area contributed by atoms with E-state index in [-0.39, 0.29) is 0 Å². The zero-order valence-corrected chi connectivity index (χ0v) is 13.7. The summed E-state index contributed by atoms with van der Waals surface area (Å²) in [5.41, 5.74) is 1.19. The number of unbranched alkanes of at least 4 members (excludes halogenated alkanes) is 2. The number of nitrogens with zero attached hydrogens (tertiary/aromatic N) is 2. The van der Waals surface area contributed by atoms with Crippen LogP contribution >= 0.6 is 11.8 Å². The van der Waals surface area contributed by atoms with E-state index in [9.17, 15) is 0 Å². The Morgan fingerprint density at radius 3 is 2.47 bits per heavy atom. The van der Waals surface area contributed by atoms with Crippen molar-refractivity contribution < 1.29 is 0 Å². The monoisotopic (exact) mass is 281 g/mol. The minimum Gasteiger partial charge on any atom is -0.370 e. The average Bonchev–Trinajstić information content (AvgIpc) is 2.38. The van der Waals surface area contributed by atoms with Crippen molar-refractivity contribution in [2.75, 3.05) is 17.6 Å². The quantitative estimate of drug-likeness (QED) is 0.428. The fourth-order valence-electron chi connectivity index (χ4n) is 1.77. The molecule has 3 nitrogen and oxygen atoms in total. The molecule has 19 heavy (non-hydrogen) atoms. The lowest BCUT2D eigenvalue weighted by molar-refractivity contribution is 0.746. The van der Waals surface area contributed by atoms with Crippen molar-refractivity contribution in [1.29, 1.82) is 0 Å². The summed E-state index contributed by atoms with van der Waals surface area (Å²) in [7, 11) is 0. The molecule has 0 fully saturated rings. The molecule has 0 aliphatic heterocycles. The number of rotatable bonds is 8. The summed E-state index contributed by atoms with van der Waals surface area (Å²) in [6, 6.07) is 0. The van der Waals surface area contributed by atoms with Crippen LogP contribution < -0.4 is 5.32 Å². The van der Waals surface area contributed by atoms with Gasteiger partial charge in [-0.25, -0.2) is 9.97 Å². The Kier molecular flexibility index (Phi) is 7.21. The van der Waals surface area contributed by atoms with Crippen molar-refractivity contribution in [2.24, 2.45) is 0 Å². The van der Waals surface area contributed by atoms with Crippen molar-refractivity contribution in [1.82, 2.24) is 9.97 Å². The molecule has 4 heteroatoms. The van der Waals surface area contributed by atoms with Crippen molar-refractivity contribution in [3.05, 3.63) is 11.4 Å². The number of hydrogen-bond acceptors (Lipinski definition) is 4. The molecule has 0 spiro atoms. The highest BCUT2D eigenvalue weighted by Gasteiger charge is 2.12. The van der Waals surface area contributed by atoms with Gasteiger partial charge in [-0.05, 0) is 26.0 Å². The highest BCUT2D eigenvalue weighted by atomic mass is 32.2. The average molecular weight is 281 g/mol. The Balaban J connectivity index is 2.87. The molecule has 1 aromatic heterocycles. The number of aromatic nitrogens is 2. The highest BCUT2D eigenvalue weighted by molar-refractivity contribution is 7.99. The van der Waals surface area contributed by atoms with Gasteiger partial charge in [0.15, 0.2) is 0 Å². The number of thioether (sulfide) groups is 1. The lowest BCUT2D eigenvalue weighted by atomic mass is 10.2. The van der Waals surface area contributed by atoms with E-state index in [1.807, 2.05) is 11.8 Å². The predicted molar refractivity (Wildman–Crippen MR) is 85.3 cm³/mol. The molecule has 1 aromatic rings. The first-order valence-electron chi connectivity index (χ1n) is 7.35. The van der Waals surface area contributed by atoms with Crippen molar-refractivity contribution >= 4 is 17.6 Å². The Bertz CT molecular complexity index is 391. The summed E-state index contributed by atoms with van der Waals surface area (Å²) < 4.78 is 0. The van der Waals surface area contributed by atoms with Crippen molar-refractivity contribution in [3.63, 3.8) is 0 Å². The van der Waals surface area contributed by atoms with Crippen LogP contribution in [0.5, 0.6) is 0 Å². The smallest absolute Gasteiger partial charge is 0.134 e. The largest absolute Gasteiger partial charge is 0.370 e. The van der Waals surface area contributed by atoms with Crippen LogP contribution in [-0.2, 0) is 0 Å². The van der Waals surface area contributed by atoms with Gasteiger partial charge in [0.05, 0.1) is 0 Å². The van der Waals surface area contributed by atoms with E-state index in [0.29, 0.717) is 5.92 Å². The van der Waals surface area contributed by atoms with Gasteiger partial charge in [0.25, 0.3) is 0 Å². The fraction of sp³-hybridized carbons (Fsp3) is 0.733. The summed E-state index contributed by atoms with van der Waals surface area (Å²) in [6.45, 7) is 11.6. The number of anilines is 1. The maximum absolute atomic E-state index is 4.72. The zero-order chi connectivity index (χ0) is 14.3. The molecule has 0 unspecified atom stereocenters. The minimum atomic E-state index is 0.369. The second-order valence-electron chi connectivity index (χ2n) is 5.10.